The highest BCUT2D eigenvalue weighted by atomic mass is 16.7. The quantitative estimate of drug-likeness (QED) is 0.174. The molecular weight excluding hydrogens is 552 g/mol. The van der Waals surface area contributed by atoms with Crippen molar-refractivity contribution in [2.75, 3.05) is 20.2 Å². The van der Waals surface area contributed by atoms with Gasteiger partial charge in [0.25, 0.3) is 0 Å². The maximum atomic E-state index is 11.8. The van der Waals surface area contributed by atoms with Crippen LogP contribution in [-0.4, -0.2) is 42.4 Å². The summed E-state index contributed by atoms with van der Waals surface area (Å²) in [4.78, 5) is 14.1. The molecule has 4 aromatic carbocycles. The fourth-order valence-corrected chi connectivity index (χ4v) is 5.39. The van der Waals surface area contributed by atoms with Crippen LogP contribution in [-0.2, 0) is 33.9 Å². The molecule has 4 aromatic rings. The zero-order valence-electron chi connectivity index (χ0n) is 25.1. The van der Waals surface area contributed by atoms with E-state index in [0.29, 0.717) is 6.54 Å². The van der Waals surface area contributed by atoms with Crippen molar-refractivity contribution in [3.63, 3.8) is 0 Å². The first-order valence-corrected chi connectivity index (χ1v) is 14.9. The van der Waals surface area contributed by atoms with Crippen molar-refractivity contribution in [1.29, 1.82) is 0 Å². The average Bonchev–Trinajstić information content (AvgIpc) is 3.07. The Balaban J connectivity index is 1.29. The number of carbonyl (C=O) groups is 1. The number of nitrogens with one attached hydrogen (secondary N) is 1. The first-order valence-electron chi connectivity index (χ1n) is 14.9. The molecular formula is C37H40N2O5. The number of hydrogen-bond donors (Lipinski definition) is 2. The highest BCUT2D eigenvalue weighted by Crippen LogP contribution is 2.38. The van der Waals surface area contributed by atoms with E-state index in [1.165, 1.54) is 11.6 Å². The number of aliphatic hydroxyl groups excluding tert-OH is 1. The monoisotopic (exact) mass is 592 g/mol. The second-order valence-corrected chi connectivity index (χ2v) is 11.1. The lowest BCUT2D eigenvalue weighted by Crippen LogP contribution is -2.37. The van der Waals surface area contributed by atoms with E-state index < -0.39 is 12.4 Å². The molecule has 44 heavy (non-hydrogen) atoms. The number of benzene rings is 4. The molecule has 1 amide bonds. The maximum Gasteiger partial charge on any atom is 0.407 e. The van der Waals surface area contributed by atoms with Crippen molar-refractivity contribution in [1.82, 2.24) is 10.2 Å². The molecule has 1 aliphatic heterocycles. The van der Waals surface area contributed by atoms with Gasteiger partial charge in [-0.3, -0.25) is 4.90 Å². The summed E-state index contributed by atoms with van der Waals surface area (Å²) in [5.74, 6) is 0. The molecule has 7 heteroatoms. The third-order valence-corrected chi connectivity index (χ3v) is 7.64. The van der Waals surface area contributed by atoms with Crippen LogP contribution in [0.15, 0.2) is 116 Å². The van der Waals surface area contributed by atoms with E-state index in [1.54, 1.807) is 0 Å². The van der Waals surface area contributed by atoms with Crippen molar-refractivity contribution in [2.45, 2.75) is 44.6 Å². The molecule has 0 aliphatic carbocycles. The minimum Gasteiger partial charge on any atom is -0.445 e. The highest BCUT2D eigenvalue weighted by molar-refractivity contribution is 5.68. The molecule has 228 valence electrons. The van der Waals surface area contributed by atoms with Crippen LogP contribution < -0.4 is 5.32 Å². The second kappa shape index (κ2) is 15.5. The van der Waals surface area contributed by atoms with Crippen LogP contribution in [0, 0.1) is 0 Å². The maximum absolute atomic E-state index is 11.8. The Labute approximate surface area is 259 Å². The molecule has 1 aliphatic rings. The van der Waals surface area contributed by atoms with E-state index in [-0.39, 0.29) is 25.4 Å². The molecule has 0 unspecified atom stereocenters. The second-order valence-electron chi connectivity index (χ2n) is 11.1. The molecule has 0 spiro atoms. The molecule has 5 rings (SSSR count). The number of rotatable bonds is 12. The van der Waals surface area contributed by atoms with Gasteiger partial charge >= 0.3 is 6.09 Å². The zero-order valence-corrected chi connectivity index (χ0v) is 25.1. The number of amides is 1. The van der Waals surface area contributed by atoms with Crippen LogP contribution >= 0.6 is 0 Å². The Kier molecular flexibility index (Phi) is 10.9. The number of aliphatic hydroxyl groups is 1. The highest BCUT2D eigenvalue weighted by Gasteiger charge is 2.32. The summed E-state index contributed by atoms with van der Waals surface area (Å²) in [6.45, 7) is 5.71. The summed E-state index contributed by atoms with van der Waals surface area (Å²) in [6.07, 6.45) is 1.10. The molecule has 0 bridgehead atoms. The summed E-state index contributed by atoms with van der Waals surface area (Å²) in [5.41, 5.74) is 7.22. The first-order chi connectivity index (χ1) is 21.5. The molecule has 0 saturated carbocycles. The predicted molar refractivity (Wildman–Crippen MR) is 171 cm³/mol. The van der Waals surface area contributed by atoms with Crippen molar-refractivity contribution in [3.8, 4) is 11.1 Å². The van der Waals surface area contributed by atoms with Gasteiger partial charge in [-0.2, -0.15) is 0 Å². The number of likely N-dealkylation sites (N-methyl/N-ethyl adjacent to an activating group) is 1. The van der Waals surface area contributed by atoms with Crippen LogP contribution in [0.2, 0.25) is 0 Å². The lowest BCUT2D eigenvalue weighted by molar-refractivity contribution is -0.252. The molecule has 0 radical (unpaired) electrons. The van der Waals surface area contributed by atoms with Gasteiger partial charge in [0, 0.05) is 31.6 Å². The lowest BCUT2D eigenvalue weighted by Gasteiger charge is -2.38. The van der Waals surface area contributed by atoms with E-state index in [9.17, 15) is 9.90 Å². The van der Waals surface area contributed by atoms with Gasteiger partial charge in [0.05, 0.1) is 18.8 Å². The molecule has 1 heterocycles. The SMILES string of the molecule is C=CCOC(=O)NCc1cccc(-c2ccc([C@@H]3O[C@H](CN(C)Cc4ccccc4)C[C@H](c4ccc(CO)cc4)O3)cc2)c1. The van der Waals surface area contributed by atoms with Crippen molar-refractivity contribution < 1.29 is 24.1 Å². The molecule has 0 aromatic heterocycles. The molecule has 2 N–H and O–H groups in total. The Morgan fingerprint density at radius 2 is 1.64 bits per heavy atom. The van der Waals surface area contributed by atoms with Crippen molar-refractivity contribution >= 4 is 6.09 Å². The summed E-state index contributed by atoms with van der Waals surface area (Å²) < 4.78 is 18.1. The topological polar surface area (TPSA) is 80.3 Å². The number of ether oxygens (including phenoxy) is 3. The molecule has 7 nitrogen and oxygen atoms in total. The fraction of sp³-hybridized carbons (Fsp3) is 0.270. The Bertz CT molecular complexity index is 1490. The van der Waals surface area contributed by atoms with Gasteiger partial charge in [0.2, 0.25) is 0 Å². The minimum atomic E-state index is -0.521. The standard InChI is InChI=1S/C37H40N2O5/c1-3-20-42-37(41)38-23-29-10-7-11-33(21-29)30-16-18-32(19-17-30)36-43-34(25-39(2)24-27-8-5-4-6-9-27)22-35(44-36)31-14-12-28(26-40)13-15-31/h3-19,21,34-36,40H,1,20,22-26H2,2H3,(H,38,41)/t34-,35+,36+/m0/s1. The first kappa shape index (κ1) is 31.2. The smallest absolute Gasteiger partial charge is 0.407 e. The summed E-state index contributed by atoms with van der Waals surface area (Å²) in [7, 11) is 2.12. The van der Waals surface area contributed by atoms with E-state index in [1.807, 2.05) is 48.5 Å². The molecule has 1 saturated heterocycles. The van der Waals surface area contributed by atoms with E-state index >= 15 is 0 Å². The largest absolute Gasteiger partial charge is 0.445 e. The van der Waals surface area contributed by atoms with Crippen molar-refractivity contribution in [2.24, 2.45) is 0 Å². The fourth-order valence-electron chi connectivity index (χ4n) is 5.39. The number of alkyl carbamates (subject to hydrolysis) is 1. The molecule has 1 fully saturated rings. The summed E-state index contributed by atoms with van der Waals surface area (Å²) in [5, 5.41) is 12.3. The van der Waals surface area contributed by atoms with Crippen molar-refractivity contribution in [3.05, 3.63) is 144 Å². The number of carbonyl (C=O) groups excluding carboxylic acids is 1. The van der Waals surface area contributed by atoms with Gasteiger partial charge in [-0.05, 0) is 46.5 Å². The van der Waals surface area contributed by atoms with E-state index in [0.717, 1.165) is 52.9 Å². The van der Waals surface area contributed by atoms with Gasteiger partial charge in [0.1, 0.15) is 6.61 Å². The van der Waals surface area contributed by atoms with Gasteiger partial charge in [-0.15, -0.1) is 0 Å². The van der Waals surface area contributed by atoms with E-state index in [2.05, 4.69) is 78.4 Å². The van der Waals surface area contributed by atoms with Crippen LogP contribution in [0.5, 0.6) is 0 Å². The van der Waals surface area contributed by atoms with Crippen LogP contribution in [0.25, 0.3) is 11.1 Å². The summed E-state index contributed by atoms with van der Waals surface area (Å²) in [6, 6.07) is 34.7. The van der Waals surface area contributed by atoms with Crippen LogP contribution in [0.1, 0.15) is 46.6 Å². The van der Waals surface area contributed by atoms with Gasteiger partial charge in [-0.1, -0.05) is 110 Å². The third kappa shape index (κ3) is 8.65. The van der Waals surface area contributed by atoms with E-state index in [4.69, 9.17) is 14.2 Å². The normalized spacial score (nSPS) is 18.1. The van der Waals surface area contributed by atoms with Crippen LogP contribution in [0.4, 0.5) is 4.79 Å². The Morgan fingerprint density at radius 3 is 2.36 bits per heavy atom. The van der Waals surface area contributed by atoms with Gasteiger partial charge in [0.15, 0.2) is 6.29 Å². The zero-order chi connectivity index (χ0) is 30.7. The Hall–Kier alpha value is -4.27. The van der Waals surface area contributed by atoms with Gasteiger partial charge < -0.3 is 24.6 Å². The van der Waals surface area contributed by atoms with Crippen LogP contribution in [0.3, 0.4) is 0 Å². The molecule has 3 atom stereocenters. The predicted octanol–water partition coefficient (Wildman–Crippen LogP) is 6.94. The van der Waals surface area contributed by atoms with Gasteiger partial charge in [-0.25, -0.2) is 4.79 Å². The average molecular weight is 593 g/mol. The lowest BCUT2D eigenvalue weighted by atomic mass is 9.99. The summed E-state index contributed by atoms with van der Waals surface area (Å²) >= 11 is 0. The minimum absolute atomic E-state index is 0.0124. The number of nitrogens with zero attached hydrogens (tertiary/aromatic N) is 1. The Morgan fingerprint density at radius 1 is 0.909 bits per heavy atom. The third-order valence-electron chi connectivity index (χ3n) is 7.64. The number of hydrogen-bond acceptors (Lipinski definition) is 6.